The van der Waals surface area contributed by atoms with Gasteiger partial charge in [-0.15, -0.1) is 11.3 Å². The molecule has 0 saturated carbocycles. The molecule has 1 aromatic heterocycles. The molecular formula is C13H13FN2S. The molecule has 2 nitrogen and oxygen atoms in total. The highest BCUT2D eigenvalue weighted by atomic mass is 32.1. The van der Waals surface area contributed by atoms with Gasteiger partial charge in [0, 0.05) is 18.0 Å². The van der Waals surface area contributed by atoms with Gasteiger partial charge in [0.25, 0.3) is 0 Å². The van der Waals surface area contributed by atoms with Crippen molar-refractivity contribution < 1.29 is 4.39 Å². The Labute approximate surface area is 103 Å². The number of hydrogen-bond acceptors (Lipinski definition) is 3. The topological polar surface area (TPSA) is 29.3 Å². The van der Waals surface area contributed by atoms with E-state index in [0.29, 0.717) is 5.69 Å². The van der Waals surface area contributed by atoms with E-state index in [0.717, 1.165) is 25.2 Å². The number of rotatable bonds is 1. The van der Waals surface area contributed by atoms with Crippen LogP contribution in [-0.2, 0) is 13.0 Å². The summed E-state index contributed by atoms with van der Waals surface area (Å²) in [6.45, 7) is 1.82. The van der Waals surface area contributed by atoms with Crippen molar-refractivity contribution in [2.75, 3.05) is 17.2 Å². The summed E-state index contributed by atoms with van der Waals surface area (Å²) in [6, 6.07) is 6.78. The zero-order chi connectivity index (χ0) is 11.8. The number of nitrogens with zero attached hydrogens (tertiary/aromatic N) is 1. The summed E-state index contributed by atoms with van der Waals surface area (Å²) in [6.07, 6.45) is 1.05. The number of benzene rings is 1. The lowest BCUT2D eigenvalue weighted by molar-refractivity contribution is 0.627. The standard InChI is InChI=1S/C13H13FN2S/c14-10-1-2-12(11(15)7-10)16-5-3-13-9(8-16)4-6-17-13/h1-2,4,6-7H,3,5,8,15H2. The number of anilines is 2. The van der Waals surface area contributed by atoms with E-state index in [2.05, 4.69) is 16.3 Å². The normalized spacial score (nSPS) is 14.8. The molecule has 1 aliphatic heterocycles. The van der Waals surface area contributed by atoms with Crippen LogP contribution in [0.3, 0.4) is 0 Å². The molecular weight excluding hydrogens is 235 g/mol. The second kappa shape index (κ2) is 4.04. The zero-order valence-electron chi connectivity index (χ0n) is 9.32. The maximum absolute atomic E-state index is 13.0. The number of fused-ring (bicyclic) bond motifs is 1. The largest absolute Gasteiger partial charge is 0.397 e. The van der Waals surface area contributed by atoms with Crippen LogP contribution in [-0.4, -0.2) is 6.54 Å². The van der Waals surface area contributed by atoms with Crippen molar-refractivity contribution in [1.29, 1.82) is 0 Å². The molecule has 0 radical (unpaired) electrons. The van der Waals surface area contributed by atoms with E-state index in [-0.39, 0.29) is 5.82 Å². The molecule has 0 amide bonds. The first kappa shape index (κ1) is 10.6. The predicted molar refractivity (Wildman–Crippen MR) is 69.9 cm³/mol. The van der Waals surface area contributed by atoms with Crippen LogP contribution in [0.15, 0.2) is 29.6 Å². The molecule has 2 N–H and O–H groups in total. The van der Waals surface area contributed by atoms with Gasteiger partial charge < -0.3 is 10.6 Å². The van der Waals surface area contributed by atoms with E-state index >= 15 is 0 Å². The molecule has 4 heteroatoms. The van der Waals surface area contributed by atoms with E-state index < -0.39 is 0 Å². The molecule has 88 valence electrons. The van der Waals surface area contributed by atoms with Gasteiger partial charge in [0.1, 0.15) is 5.82 Å². The number of thiophene rings is 1. The Morgan fingerprint density at radius 2 is 2.18 bits per heavy atom. The van der Waals surface area contributed by atoms with Gasteiger partial charge >= 0.3 is 0 Å². The van der Waals surface area contributed by atoms with E-state index in [1.165, 1.54) is 22.6 Å². The molecule has 2 heterocycles. The van der Waals surface area contributed by atoms with Crippen LogP contribution < -0.4 is 10.6 Å². The Bertz CT molecular complexity index is 550. The van der Waals surface area contributed by atoms with Crippen molar-refractivity contribution in [2.24, 2.45) is 0 Å². The number of nitrogen functional groups attached to an aromatic ring is 1. The van der Waals surface area contributed by atoms with Crippen LogP contribution >= 0.6 is 11.3 Å². The average Bonchev–Trinajstić information content (AvgIpc) is 2.75. The van der Waals surface area contributed by atoms with E-state index in [1.807, 2.05) is 11.3 Å². The van der Waals surface area contributed by atoms with Crippen molar-refractivity contribution in [2.45, 2.75) is 13.0 Å². The molecule has 2 aromatic rings. The van der Waals surface area contributed by atoms with Gasteiger partial charge in [-0.25, -0.2) is 4.39 Å². The summed E-state index contributed by atoms with van der Waals surface area (Å²) >= 11 is 1.81. The third-order valence-electron chi connectivity index (χ3n) is 3.14. The Balaban J connectivity index is 1.91. The average molecular weight is 248 g/mol. The first-order chi connectivity index (χ1) is 8.24. The highest BCUT2D eigenvalue weighted by molar-refractivity contribution is 7.10. The molecule has 1 aromatic carbocycles. The van der Waals surface area contributed by atoms with Gasteiger partial charge in [-0.3, -0.25) is 0 Å². The smallest absolute Gasteiger partial charge is 0.125 e. The Kier molecular flexibility index (Phi) is 2.52. The van der Waals surface area contributed by atoms with Crippen LogP contribution in [0.1, 0.15) is 10.4 Å². The highest BCUT2D eigenvalue weighted by Crippen LogP contribution is 2.31. The van der Waals surface area contributed by atoms with Crippen LogP contribution in [0.4, 0.5) is 15.8 Å². The minimum absolute atomic E-state index is 0.278. The summed E-state index contributed by atoms with van der Waals surface area (Å²) < 4.78 is 13.0. The van der Waals surface area contributed by atoms with Crippen LogP contribution in [0, 0.1) is 5.82 Å². The maximum Gasteiger partial charge on any atom is 0.125 e. The third kappa shape index (κ3) is 1.89. The lowest BCUT2D eigenvalue weighted by Crippen LogP contribution is -2.30. The predicted octanol–water partition coefficient (Wildman–Crippen LogP) is 3.03. The van der Waals surface area contributed by atoms with Crippen LogP contribution in [0.2, 0.25) is 0 Å². The van der Waals surface area contributed by atoms with Crippen molar-refractivity contribution in [1.82, 2.24) is 0 Å². The van der Waals surface area contributed by atoms with Gasteiger partial charge in [-0.05, 0) is 41.6 Å². The molecule has 0 atom stereocenters. The molecule has 0 saturated heterocycles. The van der Waals surface area contributed by atoms with Crippen molar-refractivity contribution in [3.8, 4) is 0 Å². The van der Waals surface area contributed by atoms with Gasteiger partial charge in [-0.2, -0.15) is 0 Å². The number of nitrogens with two attached hydrogens (primary N) is 1. The molecule has 1 aliphatic rings. The number of halogens is 1. The van der Waals surface area contributed by atoms with Gasteiger partial charge in [0.05, 0.1) is 11.4 Å². The number of hydrogen-bond donors (Lipinski definition) is 1. The molecule has 0 bridgehead atoms. The summed E-state index contributed by atoms with van der Waals surface area (Å²) in [7, 11) is 0. The van der Waals surface area contributed by atoms with Crippen LogP contribution in [0.25, 0.3) is 0 Å². The Hall–Kier alpha value is -1.55. The quantitative estimate of drug-likeness (QED) is 0.786. The lowest BCUT2D eigenvalue weighted by Gasteiger charge is -2.30. The van der Waals surface area contributed by atoms with Gasteiger partial charge in [0.2, 0.25) is 0 Å². The Morgan fingerprint density at radius 3 is 3.00 bits per heavy atom. The van der Waals surface area contributed by atoms with Crippen LogP contribution in [0.5, 0.6) is 0 Å². The molecule has 0 aliphatic carbocycles. The summed E-state index contributed by atoms with van der Waals surface area (Å²) in [5.74, 6) is -0.278. The second-order valence-corrected chi connectivity index (χ2v) is 5.24. The van der Waals surface area contributed by atoms with Crippen molar-refractivity contribution >= 4 is 22.7 Å². The molecule has 0 fully saturated rings. The third-order valence-corrected chi connectivity index (χ3v) is 4.16. The first-order valence-electron chi connectivity index (χ1n) is 5.59. The first-order valence-corrected chi connectivity index (χ1v) is 6.47. The summed E-state index contributed by atoms with van der Waals surface area (Å²) in [5.41, 5.74) is 8.69. The fourth-order valence-corrected chi connectivity index (χ4v) is 3.16. The summed E-state index contributed by atoms with van der Waals surface area (Å²) in [4.78, 5) is 3.67. The molecule has 0 unspecified atom stereocenters. The second-order valence-electron chi connectivity index (χ2n) is 4.24. The molecule has 0 spiro atoms. The Morgan fingerprint density at radius 1 is 1.29 bits per heavy atom. The fourth-order valence-electron chi connectivity index (χ4n) is 2.27. The van der Waals surface area contributed by atoms with E-state index in [1.54, 1.807) is 6.07 Å². The molecule has 3 rings (SSSR count). The van der Waals surface area contributed by atoms with Gasteiger partial charge in [0.15, 0.2) is 0 Å². The van der Waals surface area contributed by atoms with Gasteiger partial charge in [-0.1, -0.05) is 0 Å². The maximum atomic E-state index is 13.0. The highest BCUT2D eigenvalue weighted by Gasteiger charge is 2.18. The van der Waals surface area contributed by atoms with Crippen molar-refractivity contribution in [3.05, 3.63) is 45.9 Å². The minimum atomic E-state index is -0.278. The minimum Gasteiger partial charge on any atom is -0.397 e. The fraction of sp³-hybridized carbons (Fsp3) is 0.231. The molecule has 17 heavy (non-hydrogen) atoms. The zero-order valence-corrected chi connectivity index (χ0v) is 10.1. The van der Waals surface area contributed by atoms with E-state index in [4.69, 9.17) is 5.73 Å². The monoisotopic (exact) mass is 248 g/mol. The lowest BCUT2D eigenvalue weighted by atomic mass is 10.1. The van der Waals surface area contributed by atoms with E-state index in [9.17, 15) is 4.39 Å². The van der Waals surface area contributed by atoms with Crippen molar-refractivity contribution in [3.63, 3.8) is 0 Å². The SMILES string of the molecule is Nc1cc(F)ccc1N1CCc2sccc2C1. The summed E-state index contributed by atoms with van der Waals surface area (Å²) in [5, 5.41) is 2.13.